The van der Waals surface area contributed by atoms with E-state index in [1.165, 1.54) is 43.4 Å². The molecule has 0 fully saturated rings. The van der Waals surface area contributed by atoms with Crippen LogP contribution in [0.4, 0.5) is 0 Å². The number of benzene rings is 3. The monoisotopic (exact) mass is 390 g/mol. The van der Waals surface area contributed by atoms with E-state index in [4.69, 9.17) is 0 Å². The Morgan fingerprint density at radius 2 is 1.56 bits per heavy atom. The van der Waals surface area contributed by atoms with Crippen molar-refractivity contribution in [3.05, 3.63) is 81.8 Å². The zero-order valence-corrected chi connectivity index (χ0v) is 16.7. The molecule has 25 heavy (non-hydrogen) atoms. The summed E-state index contributed by atoms with van der Waals surface area (Å²) in [5.74, 6) is 0. The molecule has 0 saturated carbocycles. The minimum atomic E-state index is 0.0906. The molecule has 1 heteroatoms. The lowest BCUT2D eigenvalue weighted by atomic mass is 9.71. The maximum atomic E-state index is 3.86. The van der Waals surface area contributed by atoms with Crippen LogP contribution >= 0.6 is 15.9 Å². The Balaban J connectivity index is 2.13. The van der Waals surface area contributed by atoms with E-state index >= 15 is 0 Å². The minimum absolute atomic E-state index is 0.0906. The van der Waals surface area contributed by atoms with Crippen molar-refractivity contribution < 1.29 is 0 Å². The molecular formula is C24H23Br. The van der Waals surface area contributed by atoms with Gasteiger partial charge in [-0.2, -0.15) is 0 Å². The number of rotatable bonds is 3. The summed E-state index contributed by atoms with van der Waals surface area (Å²) in [6.07, 6.45) is 2.23. The van der Waals surface area contributed by atoms with Crippen LogP contribution in [-0.4, -0.2) is 0 Å². The van der Waals surface area contributed by atoms with Gasteiger partial charge in [0.2, 0.25) is 0 Å². The molecule has 126 valence electrons. The van der Waals surface area contributed by atoms with E-state index in [2.05, 4.69) is 97.4 Å². The van der Waals surface area contributed by atoms with Gasteiger partial charge < -0.3 is 0 Å². The van der Waals surface area contributed by atoms with Crippen molar-refractivity contribution in [3.8, 4) is 22.3 Å². The Bertz CT molecular complexity index is 934. The van der Waals surface area contributed by atoms with Crippen molar-refractivity contribution >= 4 is 15.9 Å². The summed E-state index contributed by atoms with van der Waals surface area (Å²) >= 11 is 3.86. The molecule has 0 aromatic heterocycles. The Kier molecular flexibility index (Phi) is 4.08. The summed E-state index contributed by atoms with van der Waals surface area (Å²) < 4.78 is 1.19. The van der Waals surface area contributed by atoms with Gasteiger partial charge in [0.05, 0.1) is 0 Å². The maximum Gasteiger partial charge on any atom is 0.0257 e. The molecule has 0 atom stereocenters. The number of aryl methyl sites for hydroxylation is 1. The smallest absolute Gasteiger partial charge is 0.0257 e. The van der Waals surface area contributed by atoms with E-state index in [0.717, 1.165) is 12.8 Å². The fourth-order valence-electron chi connectivity index (χ4n) is 4.60. The molecule has 0 spiro atoms. The Labute approximate surface area is 159 Å². The first kappa shape index (κ1) is 16.6. The summed E-state index contributed by atoms with van der Waals surface area (Å²) in [6, 6.07) is 22.3. The maximum absolute atomic E-state index is 3.86. The second-order valence-corrected chi connectivity index (χ2v) is 7.90. The van der Waals surface area contributed by atoms with Gasteiger partial charge in [-0.15, -0.1) is 0 Å². The molecular weight excluding hydrogens is 368 g/mol. The van der Waals surface area contributed by atoms with Gasteiger partial charge in [-0.25, -0.2) is 0 Å². The van der Waals surface area contributed by atoms with Crippen LogP contribution in [0.25, 0.3) is 22.3 Å². The second kappa shape index (κ2) is 6.14. The molecule has 0 nitrogen and oxygen atoms in total. The van der Waals surface area contributed by atoms with Crippen LogP contribution in [0.1, 0.15) is 43.4 Å². The van der Waals surface area contributed by atoms with Gasteiger partial charge in [0.1, 0.15) is 0 Å². The predicted octanol–water partition coefficient (Wildman–Crippen LogP) is 7.51. The van der Waals surface area contributed by atoms with Crippen LogP contribution in [0.3, 0.4) is 0 Å². The first-order valence-corrected chi connectivity index (χ1v) is 9.91. The molecule has 0 saturated heterocycles. The molecule has 1 aliphatic rings. The number of hydrogen-bond donors (Lipinski definition) is 0. The molecule has 3 aromatic carbocycles. The van der Waals surface area contributed by atoms with E-state index in [1.54, 1.807) is 0 Å². The van der Waals surface area contributed by atoms with Gasteiger partial charge in [-0.05, 0) is 53.6 Å². The molecule has 0 aliphatic heterocycles. The standard InChI is InChI=1S/C24H23Br/c1-4-24(5-2)20-13-11-16(3)15-19(20)18-12-14-21(25)22(23(18)24)17-9-7-6-8-10-17/h6-15H,4-5H2,1-3H3. The summed E-state index contributed by atoms with van der Waals surface area (Å²) in [4.78, 5) is 0. The third-order valence-electron chi connectivity index (χ3n) is 5.88. The van der Waals surface area contributed by atoms with Crippen LogP contribution < -0.4 is 0 Å². The highest BCUT2D eigenvalue weighted by Gasteiger charge is 2.42. The van der Waals surface area contributed by atoms with Gasteiger partial charge in [0.15, 0.2) is 0 Å². The number of hydrogen-bond acceptors (Lipinski definition) is 0. The van der Waals surface area contributed by atoms with Crippen LogP contribution in [-0.2, 0) is 5.41 Å². The Morgan fingerprint density at radius 3 is 2.24 bits per heavy atom. The van der Waals surface area contributed by atoms with Crippen LogP contribution in [0.15, 0.2) is 65.1 Å². The van der Waals surface area contributed by atoms with Crippen LogP contribution in [0.2, 0.25) is 0 Å². The predicted molar refractivity (Wildman–Crippen MR) is 111 cm³/mol. The zero-order valence-electron chi connectivity index (χ0n) is 15.1. The van der Waals surface area contributed by atoms with E-state index in [1.807, 2.05) is 0 Å². The van der Waals surface area contributed by atoms with E-state index in [0.29, 0.717) is 0 Å². The zero-order chi connectivity index (χ0) is 17.6. The third-order valence-corrected chi connectivity index (χ3v) is 6.54. The van der Waals surface area contributed by atoms with Crippen molar-refractivity contribution in [2.75, 3.05) is 0 Å². The fourth-order valence-corrected chi connectivity index (χ4v) is 5.16. The molecule has 0 unspecified atom stereocenters. The van der Waals surface area contributed by atoms with Crippen molar-refractivity contribution in [1.29, 1.82) is 0 Å². The summed E-state index contributed by atoms with van der Waals surface area (Å²) in [6.45, 7) is 6.85. The molecule has 0 bridgehead atoms. The first-order chi connectivity index (χ1) is 12.1. The molecule has 0 amide bonds. The van der Waals surface area contributed by atoms with Gasteiger partial charge in [0.25, 0.3) is 0 Å². The highest BCUT2D eigenvalue weighted by molar-refractivity contribution is 9.10. The largest absolute Gasteiger partial charge is 0.0642 e. The summed E-state index contributed by atoms with van der Waals surface area (Å²) in [5.41, 5.74) is 9.89. The van der Waals surface area contributed by atoms with Crippen molar-refractivity contribution in [2.45, 2.75) is 39.0 Å². The number of halogens is 1. The molecule has 3 aromatic rings. The van der Waals surface area contributed by atoms with Crippen molar-refractivity contribution in [3.63, 3.8) is 0 Å². The highest BCUT2D eigenvalue weighted by Crippen LogP contribution is 2.57. The lowest BCUT2D eigenvalue weighted by Gasteiger charge is -2.32. The minimum Gasteiger partial charge on any atom is -0.0642 e. The van der Waals surface area contributed by atoms with Gasteiger partial charge >= 0.3 is 0 Å². The molecule has 4 rings (SSSR count). The molecule has 0 heterocycles. The van der Waals surface area contributed by atoms with Gasteiger partial charge in [-0.3, -0.25) is 0 Å². The lowest BCUT2D eigenvalue weighted by Crippen LogP contribution is -2.24. The van der Waals surface area contributed by atoms with Crippen LogP contribution in [0.5, 0.6) is 0 Å². The normalized spacial score (nSPS) is 14.2. The van der Waals surface area contributed by atoms with Gasteiger partial charge in [0, 0.05) is 15.5 Å². The number of fused-ring (bicyclic) bond motifs is 3. The van der Waals surface area contributed by atoms with Crippen molar-refractivity contribution in [2.24, 2.45) is 0 Å². The Hall–Kier alpha value is -1.86. The van der Waals surface area contributed by atoms with E-state index < -0.39 is 0 Å². The van der Waals surface area contributed by atoms with Gasteiger partial charge in [-0.1, -0.05) is 89.9 Å². The average molecular weight is 391 g/mol. The summed E-state index contributed by atoms with van der Waals surface area (Å²) in [7, 11) is 0. The Morgan fingerprint density at radius 1 is 0.840 bits per heavy atom. The summed E-state index contributed by atoms with van der Waals surface area (Å²) in [5, 5.41) is 0. The first-order valence-electron chi connectivity index (χ1n) is 9.12. The topological polar surface area (TPSA) is 0 Å². The average Bonchev–Trinajstić information content (AvgIpc) is 2.91. The van der Waals surface area contributed by atoms with Crippen molar-refractivity contribution in [1.82, 2.24) is 0 Å². The van der Waals surface area contributed by atoms with E-state index in [9.17, 15) is 0 Å². The van der Waals surface area contributed by atoms with Crippen LogP contribution in [0, 0.1) is 6.92 Å². The third kappa shape index (κ3) is 2.33. The lowest BCUT2D eigenvalue weighted by molar-refractivity contribution is 0.491. The fraction of sp³-hybridized carbons (Fsp3) is 0.250. The highest BCUT2D eigenvalue weighted by atomic mass is 79.9. The van der Waals surface area contributed by atoms with E-state index in [-0.39, 0.29) is 5.41 Å². The SMILES string of the molecule is CCC1(CC)c2ccc(C)cc2-c2ccc(Br)c(-c3ccccc3)c21. The molecule has 0 radical (unpaired) electrons. The second-order valence-electron chi connectivity index (χ2n) is 7.05. The molecule has 0 N–H and O–H groups in total. The quantitative estimate of drug-likeness (QED) is 0.433. The molecule has 1 aliphatic carbocycles.